The van der Waals surface area contributed by atoms with E-state index in [-0.39, 0.29) is 100 Å². The number of nitrogens with zero attached hydrogens (tertiary/aromatic N) is 13. The number of alkyl carbamates (subject to hydrolysis) is 1. The molecular formula is C97H132N18O21. The number of Topliss-reactive ketones (excluding diaryl/α,β-unsaturated/α-hetero) is 2. The number of piperidine rings is 1. The monoisotopic (exact) mass is 1880 g/mol. The summed E-state index contributed by atoms with van der Waals surface area (Å²) in [6.07, 6.45) is 14.6. The molecule has 136 heavy (non-hydrogen) atoms. The average molecular weight is 1890 g/mol. The fourth-order valence-electron chi connectivity index (χ4n) is 18.5. The molecule has 10 heterocycles. The van der Waals surface area contributed by atoms with Gasteiger partial charge in [-0.3, -0.25) is 24.0 Å². The Morgan fingerprint density at radius 3 is 2.11 bits per heavy atom. The summed E-state index contributed by atoms with van der Waals surface area (Å²) in [4.78, 5) is 135. The fourth-order valence-corrected chi connectivity index (χ4v) is 18.5. The summed E-state index contributed by atoms with van der Waals surface area (Å²) in [5, 5.41) is 58.0. The number of esters is 1. The first kappa shape index (κ1) is 102. The van der Waals surface area contributed by atoms with Gasteiger partial charge in [0.2, 0.25) is 23.6 Å². The van der Waals surface area contributed by atoms with Crippen molar-refractivity contribution in [1.82, 2.24) is 65.1 Å². The van der Waals surface area contributed by atoms with Crippen molar-refractivity contribution in [3.8, 4) is 11.3 Å². The minimum Gasteiger partial charge on any atom is -0.459 e. The lowest BCUT2D eigenvalue weighted by atomic mass is 9.80. The summed E-state index contributed by atoms with van der Waals surface area (Å²) >= 11 is 0. The summed E-state index contributed by atoms with van der Waals surface area (Å²) in [6, 6.07) is 9.69. The zero-order valence-corrected chi connectivity index (χ0v) is 78.9. The molecule has 6 aliphatic rings. The molecule has 3 saturated heterocycles. The molecule has 12 N–H and O–H groups in total. The quantitative estimate of drug-likeness (QED) is 0.0101. The smallest absolute Gasteiger partial charge is 0.407 e. The van der Waals surface area contributed by atoms with Crippen molar-refractivity contribution in [3.05, 3.63) is 143 Å². The zero-order chi connectivity index (χ0) is 96.7. The number of amides is 4. The number of anilines is 4. The molecule has 1 aliphatic carbocycles. The zero-order valence-electron chi connectivity index (χ0n) is 78.9. The lowest BCUT2D eigenvalue weighted by molar-refractivity contribution is -0.265. The maximum Gasteiger partial charge on any atom is 0.407 e. The lowest BCUT2D eigenvalue weighted by Crippen LogP contribution is -2.61. The summed E-state index contributed by atoms with van der Waals surface area (Å²) < 4.78 is 60.3. The van der Waals surface area contributed by atoms with Crippen molar-refractivity contribution in [2.45, 2.75) is 218 Å². The molecule has 7 aromatic rings. The number of nitrogens with one attached hydrogen (secondary N) is 2. The molecule has 4 amide bonds. The molecule has 5 aliphatic heterocycles. The Bertz CT molecular complexity index is 5340. The highest BCUT2D eigenvalue weighted by Gasteiger charge is 2.53. The van der Waals surface area contributed by atoms with Crippen LogP contribution in [0.5, 0.6) is 0 Å². The van der Waals surface area contributed by atoms with Crippen LogP contribution in [-0.2, 0) is 92.7 Å². The number of carbonyl (C=O) groups excluding carboxylic acids is 7. The Labute approximate surface area is 791 Å². The van der Waals surface area contributed by atoms with Crippen molar-refractivity contribution in [2.75, 3.05) is 134 Å². The van der Waals surface area contributed by atoms with Gasteiger partial charge in [0.05, 0.1) is 101 Å². The minimum absolute atomic E-state index is 0.00607. The highest BCUT2D eigenvalue weighted by atomic mass is 16.6. The molecule has 2 aromatic carbocycles. The number of nitrogens with two attached hydrogens (primary N) is 3. The van der Waals surface area contributed by atoms with Gasteiger partial charge in [-0.25, -0.2) is 44.2 Å². The minimum atomic E-state index is -2.51. The van der Waals surface area contributed by atoms with Crippen molar-refractivity contribution in [1.29, 1.82) is 0 Å². The first-order chi connectivity index (χ1) is 65.5. The van der Waals surface area contributed by atoms with Crippen LogP contribution in [0.25, 0.3) is 33.4 Å². The summed E-state index contributed by atoms with van der Waals surface area (Å²) in [7, 11) is 3.07. The van der Waals surface area contributed by atoms with Crippen LogP contribution in [0.2, 0.25) is 0 Å². The largest absolute Gasteiger partial charge is 0.459 e. The van der Waals surface area contributed by atoms with E-state index < -0.39 is 114 Å². The van der Waals surface area contributed by atoms with E-state index in [2.05, 4.69) is 57.7 Å². The van der Waals surface area contributed by atoms with Crippen LogP contribution in [0.1, 0.15) is 158 Å². The maximum absolute atomic E-state index is 14.8. The Morgan fingerprint density at radius 2 is 1.40 bits per heavy atom. The van der Waals surface area contributed by atoms with Gasteiger partial charge in [0, 0.05) is 146 Å². The number of hydrogen-bond acceptors (Lipinski definition) is 34. The Morgan fingerprint density at radius 1 is 0.691 bits per heavy atom. The number of ether oxygens (including phenoxy) is 9. The average Bonchev–Trinajstić information content (AvgIpc) is 1.62. The second-order valence-electron chi connectivity index (χ2n) is 36.5. The molecule has 5 aromatic heterocycles. The van der Waals surface area contributed by atoms with E-state index in [1.165, 1.54) is 31.4 Å². The molecule has 2 bridgehead atoms. The van der Waals surface area contributed by atoms with Gasteiger partial charge in [0.1, 0.15) is 53.8 Å². The van der Waals surface area contributed by atoms with Gasteiger partial charge < -0.3 is 115 Å². The number of fused-ring (bicyclic) bond motifs is 6. The molecule has 0 unspecified atom stereocenters. The van der Waals surface area contributed by atoms with Gasteiger partial charge in [-0.15, -0.1) is 0 Å². The van der Waals surface area contributed by atoms with Crippen LogP contribution in [0.3, 0.4) is 0 Å². The van der Waals surface area contributed by atoms with Gasteiger partial charge in [-0.1, -0.05) is 82.4 Å². The van der Waals surface area contributed by atoms with Crippen LogP contribution >= 0.6 is 0 Å². The second-order valence-corrected chi connectivity index (χ2v) is 36.5. The molecule has 16 atom stereocenters. The van der Waals surface area contributed by atoms with Crippen molar-refractivity contribution < 1.29 is 101 Å². The van der Waals surface area contributed by atoms with Crippen LogP contribution in [0.15, 0.2) is 120 Å². The van der Waals surface area contributed by atoms with Gasteiger partial charge in [-0.2, -0.15) is 10.1 Å². The molecule has 0 spiro atoms. The number of aliphatic hydroxyl groups is 4. The SMILES string of the molecule is CO[C@H]1C[C@@H]2CC[C@@H](C)[C@@](O)(O2)C(=O)C(=O)N2CCCC[C@H]2C(=O)O[C@H]([C@H](N)C[C@@H]2CC[C@@H](OC(=O)NCc3cnc(N4CCN(c5ncc(C(=O)NCCOCCOCCOCCOCCC(=O)N6CCc7cc(Cn8nc(-c9ccc%10oc(N)nc%10c9)c9c(N)ncnc98)ccc7C6)cn5)CC4)nc3)[C@H](OC)C2)C[C@@H](O)[C@H](C)/C=C(\C)[C@@H](O)[C@@H](O)C(=O)[C@H](C)C[C@H](C)/C=C/C=CC=C1C. The van der Waals surface area contributed by atoms with E-state index in [1.54, 1.807) is 59.3 Å². The molecule has 0 radical (unpaired) electrons. The number of nitrogen functional groups attached to an aromatic ring is 2. The predicted octanol–water partition coefficient (Wildman–Crippen LogP) is 6.78. The first-order valence-corrected chi connectivity index (χ1v) is 47.3. The Balaban J connectivity index is 0.490. The normalized spacial score (nSPS) is 26.5. The number of aliphatic hydroxyl groups excluding tert-OH is 3. The van der Waals surface area contributed by atoms with Gasteiger partial charge in [0.25, 0.3) is 23.6 Å². The van der Waals surface area contributed by atoms with E-state index in [0.717, 1.165) is 27.2 Å². The maximum atomic E-state index is 14.8. The Kier molecular flexibility index (Phi) is 36.6. The van der Waals surface area contributed by atoms with Crippen LogP contribution in [-0.4, -0.2) is 296 Å². The standard InChI is InChI=1S/C97H132N18O21/c1-58-14-10-9-11-15-59(2)78(127-7)48-71-22-17-63(6)97(126,136-71)87(121)91(123)114-28-13-12-16-74(114)92(124)133-79(49-75(116)60(3)43-62(5)85(119)86(120)84(118)61(4)42-58)72(98)45-64-19-23-77(80(46-64)128-8)135-96(125)106-52-66-50-102-94(103-51-66)111-30-32-112(33-31-111)95-104-53-70(54-105-95)90(122)101-27-35-130-37-39-132-41-40-131-38-36-129-34-26-81(117)113-29-25-67-44-65(18-20-69(67)56-113)55-115-89-82(88(99)107-57-108-89)83(110-115)68-21-24-76-73(47-68)109-93(100)134-76/h9-11,14-15,18,20-21,24,43-44,47,50-51,53-54,57-58,60-61,63-64,71-72,74-75,77-80,85-86,116,119-120,126H,12-13,16-17,19,22-23,25-42,45-46,48-49,52,55-56,98H2,1-8H3,(H2,100,109)(H,101,122)(H,106,125)(H2,99,107,108)/b11-9?,14-10+,59-15?,62-43+/t58-,60-,61-,63-,64+,71+,72-,74+,75-,77-,78+,79+,80-,85-,86+,97-/m1/s1. The molecule has 39 heteroatoms. The van der Waals surface area contributed by atoms with Crippen LogP contribution in [0.4, 0.5) is 28.5 Å². The molecule has 736 valence electrons. The molecule has 39 nitrogen and oxygen atoms in total. The van der Waals surface area contributed by atoms with E-state index in [0.29, 0.717) is 200 Å². The second kappa shape index (κ2) is 48.7. The number of carbonyl (C=O) groups is 7. The highest BCUT2D eigenvalue weighted by Crippen LogP contribution is 2.40. The lowest BCUT2D eigenvalue weighted by Gasteiger charge is -2.42. The molecule has 4 fully saturated rings. The van der Waals surface area contributed by atoms with Gasteiger partial charge >= 0.3 is 12.1 Å². The number of hydrogen-bond donors (Lipinski definition) is 9. The third-order valence-corrected chi connectivity index (χ3v) is 26.6. The molecular weight excluding hydrogens is 1750 g/mol. The Hall–Kier alpha value is -11.2. The van der Waals surface area contributed by atoms with Gasteiger partial charge in [-0.05, 0) is 142 Å². The van der Waals surface area contributed by atoms with Crippen molar-refractivity contribution >= 4 is 87.2 Å². The number of cyclic esters (lactones) is 1. The number of benzene rings is 2. The topological polar surface area (TPSA) is 520 Å². The summed E-state index contributed by atoms with van der Waals surface area (Å²) in [6.45, 7) is 17.1. The summed E-state index contributed by atoms with van der Waals surface area (Å²) in [5.41, 5.74) is 27.7. The van der Waals surface area contributed by atoms with E-state index in [4.69, 9.17) is 69.3 Å². The van der Waals surface area contributed by atoms with E-state index >= 15 is 0 Å². The summed E-state index contributed by atoms with van der Waals surface area (Å²) in [5.74, 6) is -7.61. The van der Waals surface area contributed by atoms with Crippen LogP contribution in [0, 0.1) is 29.6 Å². The number of oxazole rings is 1. The number of piperazine rings is 1. The number of allylic oxidation sites excluding steroid dienone is 5. The fraction of sp³-hybridized carbons (Fsp3) is 0.577. The number of ketones is 2. The third kappa shape index (κ3) is 26.8. The molecule has 1 saturated carbocycles. The number of rotatable bonds is 29. The third-order valence-electron chi connectivity index (χ3n) is 26.6. The number of methoxy groups -OCH3 is 2. The van der Waals surface area contributed by atoms with Crippen molar-refractivity contribution in [3.63, 3.8) is 0 Å². The van der Waals surface area contributed by atoms with E-state index in [9.17, 15) is 54.0 Å². The van der Waals surface area contributed by atoms with E-state index in [1.807, 2.05) is 81.8 Å². The first-order valence-electron chi connectivity index (χ1n) is 47.3. The predicted molar refractivity (Wildman–Crippen MR) is 502 cm³/mol. The van der Waals surface area contributed by atoms with Gasteiger partial charge in [0.15, 0.2) is 17.0 Å². The molecule has 13 rings (SSSR count). The van der Waals surface area contributed by atoms with Crippen molar-refractivity contribution in [2.24, 2.45) is 35.3 Å². The highest BCUT2D eigenvalue weighted by molar-refractivity contribution is 6.39. The van der Waals surface area contributed by atoms with Crippen LogP contribution < -0.4 is 37.6 Å². The number of aromatic nitrogens is 9.